The summed E-state index contributed by atoms with van der Waals surface area (Å²) in [6, 6.07) is 6.90. The van der Waals surface area contributed by atoms with E-state index in [0.717, 1.165) is 18.4 Å². The summed E-state index contributed by atoms with van der Waals surface area (Å²) in [5.74, 6) is 1.16. The zero-order valence-corrected chi connectivity index (χ0v) is 13.2. The summed E-state index contributed by atoms with van der Waals surface area (Å²) in [5.41, 5.74) is 6.50. The summed E-state index contributed by atoms with van der Waals surface area (Å²) < 4.78 is 0. The van der Waals surface area contributed by atoms with Gasteiger partial charge in [-0.15, -0.1) is 0 Å². The number of nitro benzene ring substituents is 1. The summed E-state index contributed by atoms with van der Waals surface area (Å²) in [6.45, 7) is 3.78. The molecule has 1 aromatic carbocycles. The van der Waals surface area contributed by atoms with E-state index in [4.69, 9.17) is 5.73 Å². The second-order valence-corrected chi connectivity index (χ2v) is 5.24. The highest BCUT2D eigenvalue weighted by Gasteiger charge is 2.15. The Labute approximate surface area is 134 Å². The predicted octanol–water partition coefficient (Wildman–Crippen LogP) is 2.49. The second-order valence-electron chi connectivity index (χ2n) is 5.24. The molecule has 0 saturated carbocycles. The van der Waals surface area contributed by atoms with E-state index in [2.05, 4.69) is 20.3 Å². The molecule has 1 atom stereocenters. The number of aromatic nitrogens is 3. The van der Waals surface area contributed by atoms with Gasteiger partial charge in [-0.2, -0.15) is 15.0 Å². The quantitative estimate of drug-likeness (QED) is 0.594. The Bertz CT molecular complexity index is 671. The molecule has 122 valence electrons. The van der Waals surface area contributed by atoms with Gasteiger partial charge in [-0.05, 0) is 26.2 Å². The Morgan fingerprint density at radius 3 is 2.70 bits per heavy atom. The molecule has 2 rings (SSSR count). The second kappa shape index (κ2) is 7.48. The van der Waals surface area contributed by atoms with Gasteiger partial charge in [0.2, 0.25) is 11.9 Å². The lowest BCUT2D eigenvalue weighted by Gasteiger charge is -2.17. The van der Waals surface area contributed by atoms with E-state index in [1.807, 2.05) is 13.0 Å². The number of nitrogens with one attached hydrogen (secondary N) is 1. The molecule has 0 aliphatic rings. The lowest BCUT2D eigenvalue weighted by molar-refractivity contribution is -0.385. The van der Waals surface area contributed by atoms with Crippen molar-refractivity contribution in [3.05, 3.63) is 45.8 Å². The van der Waals surface area contributed by atoms with Crippen LogP contribution in [0.2, 0.25) is 0 Å². The highest BCUT2D eigenvalue weighted by atomic mass is 16.6. The molecule has 8 heteroatoms. The smallest absolute Gasteiger partial charge is 0.272 e. The number of nitrogen functional groups attached to an aromatic ring is 1. The number of aryl methyl sites for hydroxylation is 2. The molecule has 23 heavy (non-hydrogen) atoms. The van der Waals surface area contributed by atoms with Gasteiger partial charge in [0.25, 0.3) is 5.69 Å². The van der Waals surface area contributed by atoms with E-state index >= 15 is 0 Å². The molecule has 0 amide bonds. The number of para-hydroxylation sites is 1. The zero-order valence-electron chi connectivity index (χ0n) is 13.2. The van der Waals surface area contributed by atoms with Gasteiger partial charge in [-0.3, -0.25) is 10.1 Å². The number of rotatable bonds is 7. The molecule has 2 aromatic rings. The average molecular weight is 316 g/mol. The standard InChI is InChI=1S/C15H20N6O2/c1-3-12(19-15-18-10(2)17-14(16)20-15)9-8-11-6-4-5-7-13(11)21(22)23/h4-7,12H,3,8-9H2,1-2H3,(H3,16,17,18,19,20). The summed E-state index contributed by atoms with van der Waals surface area (Å²) >= 11 is 0. The van der Waals surface area contributed by atoms with Crippen LogP contribution in [0.25, 0.3) is 0 Å². The first-order chi connectivity index (χ1) is 11.0. The maximum atomic E-state index is 11.1. The van der Waals surface area contributed by atoms with Crippen LogP contribution < -0.4 is 11.1 Å². The minimum absolute atomic E-state index is 0.0935. The van der Waals surface area contributed by atoms with Crippen LogP contribution in [0.4, 0.5) is 17.6 Å². The van der Waals surface area contributed by atoms with E-state index in [1.165, 1.54) is 6.07 Å². The van der Waals surface area contributed by atoms with Gasteiger partial charge in [0, 0.05) is 17.7 Å². The Morgan fingerprint density at radius 2 is 2.04 bits per heavy atom. The SMILES string of the molecule is CCC(CCc1ccccc1[N+](=O)[O-])Nc1nc(C)nc(N)n1. The van der Waals surface area contributed by atoms with Crippen molar-refractivity contribution in [2.45, 2.75) is 39.2 Å². The van der Waals surface area contributed by atoms with Crippen molar-refractivity contribution >= 4 is 17.6 Å². The molecule has 1 heterocycles. The Balaban J connectivity index is 2.04. The van der Waals surface area contributed by atoms with Crippen LogP contribution in [0, 0.1) is 17.0 Å². The molecule has 0 radical (unpaired) electrons. The zero-order chi connectivity index (χ0) is 16.8. The number of benzene rings is 1. The van der Waals surface area contributed by atoms with Crippen molar-refractivity contribution < 1.29 is 4.92 Å². The van der Waals surface area contributed by atoms with Gasteiger partial charge in [0.05, 0.1) is 4.92 Å². The van der Waals surface area contributed by atoms with Crippen molar-refractivity contribution in [3.8, 4) is 0 Å². The monoisotopic (exact) mass is 316 g/mol. The Kier molecular flexibility index (Phi) is 5.40. The summed E-state index contributed by atoms with van der Waals surface area (Å²) in [5, 5.41) is 14.3. The molecule has 0 aliphatic carbocycles. The maximum Gasteiger partial charge on any atom is 0.272 e. The molecule has 8 nitrogen and oxygen atoms in total. The van der Waals surface area contributed by atoms with Gasteiger partial charge in [-0.25, -0.2) is 0 Å². The van der Waals surface area contributed by atoms with Crippen LogP contribution in [0.1, 0.15) is 31.2 Å². The van der Waals surface area contributed by atoms with E-state index in [-0.39, 0.29) is 22.6 Å². The van der Waals surface area contributed by atoms with Gasteiger partial charge >= 0.3 is 0 Å². The molecule has 1 unspecified atom stereocenters. The average Bonchev–Trinajstić information content (AvgIpc) is 2.50. The van der Waals surface area contributed by atoms with Crippen molar-refractivity contribution in [3.63, 3.8) is 0 Å². The topological polar surface area (TPSA) is 120 Å². The predicted molar refractivity (Wildman–Crippen MR) is 88.1 cm³/mol. The fourth-order valence-electron chi connectivity index (χ4n) is 2.36. The Morgan fingerprint density at radius 1 is 1.30 bits per heavy atom. The van der Waals surface area contributed by atoms with Crippen molar-refractivity contribution in [1.82, 2.24) is 15.0 Å². The third-order valence-electron chi connectivity index (χ3n) is 3.54. The van der Waals surface area contributed by atoms with E-state index < -0.39 is 0 Å². The number of nitrogens with zero attached hydrogens (tertiary/aromatic N) is 4. The molecule has 0 spiro atoms. The van der Waals surface area contributed by atoms with Crippen LogP contribution >= 0.6 is 0 Å². The van der Waals surface area contributed by atoms with Crippen LogP contribution in [0.15, 0.2) is 24.3 Å². The lowest BCUT2D eigenvalue weighted by Crippen LogP contribution is -2.22. The van der Waals surface area contributed by atoms with Crippen molar-refractivity contribution in [2.24, 2.45) is 0 Å². The molecular weight excluding hydrogens is 296 g/mol. The fourth-order valence-corrected chi connectivity index (χ4v) is 2.36. The largest absolute Gasteiger partial charge is 0.368 e. The summed E-state index contributed by atoms with van der Waals surface area (Å²) in [4.78, 5) is 22.9. The molecule has 0 fully saturated rings. The number of nitrogens with two attached hydrogens (primary N) is 1. The Hall–Kier alpha value is -2.77. The third-order valence-corrected chi connectivity index (χ3v) is 3.54. The molecule has 3 N–H and O–H groups in total. The molecule has 0 aliphatic heterocycles. The fraction of sp³-hybridized carbons (Fsp3) is 0.400. The van der Waals surface area contributed by atoms with Gasteiger partial charge in [-0.1, -0.05) is 25.1 Å². The van der Waals surface area contributed by atoms with E-state index in [9.17, 15) is 10.1 Å². The molecule has 1 aromatic heterocycles. The van der Waals surface area contributed by atoms with Crippen LogP contribution in [0.5, 0.6) is 0 Å². The molecule has 0 saturated heterocycles. The van der Waals surface area contributed by atoms with Crippen molar-refractivity contribution in [1.29, 1.82) is 0 Å². The summed E-state index contributed by atoms with van der Waals surface area (Å²) in [7, 11) is 0. The highest BCUT2D eigenvalue weighted by molar-refractivity contribution is 5.40. The first-order valence-electron chi connectivity index (χ1n) is 7.46. The number of hydrogen-bond acceptors (Lipinski definition) is 7. The summed E-state index contributed by atoms with van der Waals surface area (Å²) in [6.07, 6.45) is 2.17. The lowest BCUT2D eigenvalue weighted by atomic mass is 10.0. The maximum absolute atomic E-state index is 11.1. The van der Waals surface area contributed by atoms with Gasteiger partial charge in [0.15, 0.2) is 0 Å². The molecular formula is C15H20N6O2. The number of anilines is 2. The minimum Gasteiger partial charge on any atom is -0.368 e. The van der Waals surface area contributed by atoms with Gasteiger partial charge < -0.3 is 11.1 Å². The van der Waals surface area contributed by atoms with E-state index in [0.29, 0.717) is 18.2 Å². The normalized spacial score (nSPS) is 11.9. The third kappa shape index (κ3) is 4.60. The van der Waals surface area contributed by atoms with Crippen LogP contribution in [0.3, 0.4) is 0 Å². The number of hydrogen-bond donors (Lipinski definition) is 2. The minimum atomic E-state index is -0.347. The van der Waals surface area contributed by atoms with E-state index in [1.54, 1.807) is 19.1 Å². The first kappa shape index (κ1) is 16.6. The number of nitro groups is 1. The van der Waals surface area contributed by atoms with Crippen LogP contribution in [-0.2, 0) is 6.42 Å². The van der Waals surface area contributed by atoms with Crippen LogP contribution in [-0.4, -0.2) is 25.9 Å². The van der Waals surface area contributed by atoms with Crippen molar-refractivity contribution in [2.75, 3.05) is 11.1 Å². The highest BCUT2D eigenvalue weighted by Crippen LogP contribution is 2.21. The first-order valence-corrected chi connectivity index (χ1v) is 7.46. The molecule has 0 bridgehead atoms. The van der Waals surface area contributed by atoms with Gasteiger partial charge in [0.1, 0.15) is 5.82 Å².